The van der Waals surface area contributed by atoms with Crippen molar-refractivity contribution in [3.8, 4) is 0 Å². The van der Waals surface area contributed by atoms with Crippen LogP contribution in [0.1, 0.15) is 6.17 Å². The number of azo groups is 1. The Bertz CT molecular complexity index is 440. The largest absolute Gasteiger partial charge is 0.330 e. The van der Waals surface area contributed by atoms with Crippen molar-refractivity contribution in [2.75, 3.05) is 5.32 Å². The van der Waals surface area contributed by atoms with Gasteiger partial charge in [0.25, 0.3) is 0 Å². The van der Waals surface area contributed by atoms with Gasteiger partial charge in [0, 0.05) is 6.20 Å². The zero-order valence-corrected chi connectivity index (χ0v) is 6.47. The molecule has 3 rings (SSSR count). The Hall–Kier alpha value is -2.05. The van der Waals surface area contributed by atoms with Gasteiger partial charge in [-0.25, -0.2) is 4.68 Å². The molecule has 7 nitrogen and oxygen atoms in total. The number of amidine groups is 1. The highest BCUT2D eigenvalue weighted by atomic mass is 15.5. The summed E-state index contributed by atoms with van der Waals surface area (Å²) < 4.78 is 1.60. The first-order valence-electron chi connectivity index (χ1n) is 3.72. The standard InChI is InChI=1S/C6H5N7/c7-4-3-1-8-6-9-2-10-13(6)5(3)12-11-4/h1-2,5,7H,(H,8,9,10). The third kappa shape index (κ3) is 0.701. The average Bonchev–Trinajstić information content (AvgIpc) is 2.70. The van der Waals surface area contributed by atoms with E-state index in [1.807, 2.05) is 0 Å². The number of nitrogens with one attached hydrogen (secondary N) is 2. The summed E-state index contributed by atoms with van der Waals surface area (Å²) in [5, 5.41) is 21.9. The third-order valence-corrected chi connectivity index (χ3v) is 1.98. The van der Waals surface area contributed by atoms with Gasteiger partial charge in [0.05, 0.1) is 5.57 Å². The maximum absolute atomic E-state index is 7.44. The zero-order chi connectivity index (χ0) is 8.84. The van der Waals surface area contributed by atoms with Crippen molar-refractivity contribution in [1.29, 1.82) is 5.41 Å². The highest BCUT2D eigenvalue weighted by Crippen LogP contribution is 2.31. The van der Waals surface area contributed by atoms with Gasteiger partial charge in [-0.2, -0.15) is 15.2 Å². The fraction of sp³-hybridized carbons (Fsp3) is 0.167. The SMILES string of the molecule is N=C1N=NC2C1=CNc1ncnn12. The van der Waals surface area contributed by atoms with Gasteiger partial charge >= 0.3 is 0 Å². The number of rotatable bonds is 0. The quantitative estimate of drug-likeness (QED) is 0.602. The maximum atomic E-state index is 7.44. The Morgan fingerprint density at radius 2 is 2.46 bits per heavy atom. The Labute approximate surface area is 72.7 Å². The molecule has 13 heavy (non-hydrogen) atoms. The molecule has 2 N–H and O–H groups in total. The molecule has 2 aliphatic rings. The van der Waals surface area contributed by atoms with Gasteiger partial charge in [-0.3, -0.25) is 5.41 Å². The van der Waals surface area contributed by atoms with Crippen LogP contribution < -0.4 is 5.32 Å². The number of hydrogen-bond donors (Lipinski definition) is 2. The molecular formula is C6H5N7. The number of fused-ring (bicyclic) bond motifs is 3. The fourth-order valence-electron chi connectivity index (χ4n) is 1.35. The molecule has 3 heterocycles. The molecular weight excluding hydrogens is 170 g/mol. The predicted octanol–water partition coefficient (Wildman–Crippen LogP) is 0.529. The Morgan fingerprint density at radius 3 is 3.38 bits per heavy atom. The van der Waals surface area contributed by atoms with Crippen LogP contribution in [0.25, 0.3) is 0 Å². The summed E-state index contributed by atoms with van der Waals surface area (Å²) in [7, 11) is 0. The molecule has 0 aromatic carbocycles. The minimum absolute atomic E-state index is 0.179. The molecule has 64 valence electrons. The summed E-state index contributed by atoms with van der Waals surface area (Å²) >= 11 is 0. The molecule has 0 saturated heterocycles. The van der Waals surface area contributed by atoms with E-state index in [2.05, 4.69) is 25.6 Å². The first-order valence-corrected chi connectivity index (χ1v) is 3.72. The number of hydrogen-bond acceptors (Lipinski definition) is 5. The number of anilines is 1. The van der Waals surface area contributed by atoms with Crippen LogP contribution in [0.4, 0.5) is 5.95 Å². The minimum Gasteiger partial charge on any atom is -0.330 e. The lowest BCUT2D eigenvalue weighted by Gasteiger charge is -2.15. The second-order valence-corrected chi connectivity index (χ2v) is 2.71. The van der Waals surface area contributed by atoms with E-state index in [1.54, 1.807) is 10.9 Å². The van der Waals surface area contributed by atoms with Crippen LogP contribution in [0.15, 0.2) is 28.3 Å². The second kappa shape index (κ2) is 2.00. The summed E-state index contributed by atoms with van der Waals surface area (Å²) in [6.07, 6.45) is 2.83. The lowest BCUT2D eigenvalue weighted by molar-refractivity contribution is 0.542. The van der Waals surface area contributed by atoms with Crippen LogP contribution >= 0.6 is 0 Å². The van der Waals surface area contributed by atoms with Gasteiger partial charge < -0.3 is 5.32 Å². The van der Waals surface area contributed by atoms with Crippen molar-refractivity contribution < 1.29 is 0 Å². The normalized spacial score (nSPS) is 23.5. The first-order chi connectivity index (χ1) is 6.36. The molecule has 1 unspecified atom stereocenters. The lowest BCUT2D eigenvalue weighted by atomic mass is 10.2. The third-order valence-electron chi connectivity index (χ3n) is 1.98. The highest BCUT2D eigenvalue weighted by molar-refractivity contribution is 5.99. The molecule has 0 fully saturated rings. The number of aromatic nitrogens is 3. The molecule has 0 saturated carbocycles. The molecule has 7 heteroatoms. The van der Waals surface area contributed by atoms with E-state index in [-0.39, 0.29) is 12.0 Å². The van der Waals surface area contributed by atoms with Gasteiger partial charge in [0.1, 0.15) is 6.33 Å². The minimum atomic E-state index is -0.300. The van der Waals surface area contributed by atoms with Gasteiger partial charge in [-0.05, 0) is 0 Å². The van der Waals surface area contributed by atoms with E-state index in [9.17, 15) is 0 Å². The van der Waals surface area contributed by atoms with E-state index in [4.69, 9.17) is 5.41 Å². The van der Waals surface area contributed by atoms with Gasteiger partial charge in [-0.1, -0.05) is 0 Å². The molecule has 1 aromatic heterocycles. The molecule has 0 aliphatic carbocycles. The molecule has 0 radical (unpaired) electrons. The van der Waals surface area contributed by atoms with Crippen LogP contribution in [0, 0.1) is 5.41 Å². The molecule has 0 bridgehead atoms. The summed E-state index contributed by atoms with van der Waals surface area (Å²) in [6, 6.07) is 0. The van der Waals surface area contributed by atoms with Crippen LogP contribution in [0.3, 0.4) is 0 Å². The van der Waals surface area contributed by atoms with Crippen molar-refractivity contribution in [3.05, 3.63) is 18.1 Å². The van der Waals surface area contributed by atoms with Crippen LogP contribution in [0.2, 0.25) is 0 Å². The Balaban J connectivity index is 2.18. The van der Waals surface area contributed by atoms with Crippen molar-refractivity contribution in [1.82, 2.24) is 14.8 Å². The van der Waals surface area contributed by atoms with Crippen molar-refractivity contribution in [2.24, 2.45) is 10.2 Å². The molecule has 1 aromatic rings. The summed E-state index contributed by atoms with van der Waals surface area (Å²) in [5.41, 5.74) is 0.720. The van der Waals surface area contributed by atoms with E-state index in [1.165, 1.54) is 6.33 Å². The topological polar surface area (TPSA) is 91.3 Å². The van der Waals surface area contributed by atoms with Gasteiger partial charge in [0.15, 0.2) is 12.0 Å². The molecule has 0 amide bonds. The van der Waals surface area contributed by atoms with Crippen molar-refractivity contribution >= 4 is 11.8 Å². The molecule has 1 atom stereocenters. The first kappa shape index (κ1) is 6.46. The van der Waals surface area contributed by atoms with E-state index < -0.39 is 0 Å². The molecule has 0 spiro atoms. The van der Waals surface area contributed by atoms with Crippen molar-refractivity contribution in [3.63, 3.8) is 0 Å². The highest BCUT2D eigenvalue weighted by Gasteiger charge is 2.31. The second-order valence-electron chi connectivity index (χ2n) is 2.71. The average molecular weight is 175 g/mol. The summed E-state index contributed by atoms with van der Waals surface area (Å²) in [6.45, 7) is 0. The van der Waals surface area contributed by atoms with Crippen LogP contribution in [-0.4, -0.2) is 20.6 Å². The lowest BCUT2D eigenvalue weighted by Crippen LogP contribution is -2.19. The smallest absolute Gasteiger partial charge is 0.227 e. The van der Waals surface area contributed by atoms with E-state index >= 15 is 0 Å². The van der Waals surface area contributed by atoms with Crippen molar-refractivity contribution in [2.45, 2.75) is 6.17 Å². The van der Waals surface area contributed by atoms with E-state index in [0.29, 0.717) is 5.95 Å². The van der Waals surface area contributed by atoms with E-state index in [0.717, 1.165) is 5.57 Å². The number of nitrogens with zero attached hydrogens (tertiary/aromatic N) is 5. The Morgan fingerprint density at radius 1 is 1.54 bits per heavy atom. The van der Waals surface area contributed by atoms with Gasteiger partial charge in [-0.15, -0.1) is 5.11 Å². The summed E-state index contributed by atoms with van der Waals surface area (Å²) in [4.78, 5) is 3.97. The fourth-order valence-corrected chi connectivity index (χ4v) is 1.35. The van der Waals surface area contributed by atoms with Crippen LogP contribution in [-0.2, 0) is 0 Å². The van der Waals surface area contributed by atoms with Gasteiger partial charge in [0.2, 0.25) is 5.95 Å². The summed E-state index contributed by atoms with van der Waals surface area (Å²) in [5.74, 6) is 0.807. The zero-order valence-electron chi connectivity index (χ0n) is 6.47. The maximum Gasteiger partial charge on any atom is 0.227 e. The Kier molecular flexibility index (Phi) is 0.996. The molecule has 2 aliphatic heterocycles. The monoisotopic (exact) mass is 175 g/mol. The predicted molar refractivity (Wildman–Crippen MR) is 43.3 cm³/mol. The van der Waals surface area contributed by atoms with Crippen LogP contribution in [0.5, 0.6) is 0 Å².